The van der Waals surface area contributed by atoms with Gasteiger partial charge in [-0.15, -0.1) is 0 Å². The van der Waals surface area contributed by atoms with Crippen molar-refractivity contribution in [3.63, 3.8) is 0 Å². The van der Waals surface area contributed by atoms with E-state index in [9.17, 15) is 4.79 Å². The predicted octanol–water partition coefficient (Wildman–Crippen LogP) is 1.03. The van der Waals surface area contributed by atoms with Crippen molar-refractivity contribution in [3.8, 4) is 0 Å². The molecule has 14 heavy (non-hydrogen) atoms. The van der Waals surface area contributed by atoms with E-state index in [1.807, 2.05) is 0 Å². The topological polar surface area (TPSA) is 76.0 Å². The Morgan fingerprint density at radius 2 is 2.21 bits per heavy atom. The van der Waals surface area contributed by atoms with Gasteiger partial charge in [0.05, 0.1) is 5.69 Å². The minimum absolute atomic E-state index is 0.0227. The second kappa shape index (κ2) is 3.02. The van der Waals surface area contributed by atoms with Crippen molar-refractivity contribution in [1.29, 1.82) is 0 Å². The summed E-state index contributed by atoms with van der Waals surface area (Å²) in [5.74, 6) is -1.07. The highest BCUT2D eigenvalue weighted by Gasteiger charge is 2.11. The lowest BCUT2D eigenvalue weighted by Gasteiger charge is -2.00. The number of carboxylic acid groups (broad SMARTS) is 1. The first-order chi connectivity index (χ1) is 6.68. The number of aromatic carboxylic acids is 1. The van der Waals surface area contributed by atoms with Gasteiger partial charge >= 0.3 is 5.97 Å². The summed E-state index contributed by atoms with van der Waals surface area (Å²) in [7, 11) is 0. The molecule has 0 aliphatic rings. The van der Waals surface area contributed by atoms with Crippen molar-refractivity contribution in [2.75, 3.05) is 0 Å². The fourth-order valence-corrected chi connectivity index (χ4v) is 1.18. The van der Waals surface area contributed by atoms with Crippen LogP contribution >= 0.6 is 0 Å². The van der Waals surface area contributed by atoms with Gasteiger partial charge in [-0.05, 0) is 19.1 Å². The molecule has 0 bridgehead atoms. The van der Waals surface area contributed by atoms with E-state index in [1.54, 1.807) is 25.3 Å². The fraction of sp³-hybridized carbons (Fsp3) is 0.111. The molecule has 70 valence electrons. The van der Waals surface area contributed by atoms with Crippen LogP contribution in [0.5, 0.6) is 0 Å². The van der Waals surface area contributed by atoms with Crippen LogP contribution in [-0.2, 0) is 0 Å². The van der Waals surface area contributed by atoms with Crippen LogP contribution in [0.4, 0.5) is 0 Å². The normalized spacial score (nSPS) is 10.4. The first-order valence-corrected chi connectivity index (χ1v) is 4.01. The van der Waals surface area contributed by atoms with Crippen molar-refractivity contribution >= 4 is 17.1 Å². The molecule has 0 unspecified atom stereocenters. The lowest BCUT2D eigenvalue weighted by Crippen LogP contribution is -2.06. The third-order valence-corrected chi connectivity index (χ3v) is 1.82. The summed E-state index contributed by atoms with van der Waals surface area (Å²) in [5.41, 5.74) is 1.32. The second-order valence-electron chi connectivity index (χ2n) is 2.81. The number of carbonyl (C=O) groups is 1. The van der Waals surface area contributed by atoms with Gasteiger partial charge in [-0.25, -0.2) is 19.7 Å². The molecule has 0 aliphatic carbocycles. The van der Waals surface area contributed by atoms with E-state index in [2.05, 4.69) is 15.0 Å². The molecule has 0 aromatic carbocycles. The van der Waals surface area contributed by atoms with Crippen LogP contribution in [0.1, 0.15) is 16.2 Å². The molecule has 0 fully saturated rings. The molecule has 0 aliphatic heterocycles. The van der Waals surface area contributed by atoms with E-state index >= 15 is 0 Å². The maximum atomic E-state index is 10.7. The number of aryl methyl sites for hydroxylation is 1. The Morgan fingerprint density at radius 3 is 2.93 bits per heavy atom. The van der Waals surface area contributed by atoms with E-state index in [4.69, 9.17) is 5.11 Å². The lowest BCUT2D eigenvalue weighted by molar-refractivity contribution is 0.0689. The molecule has 0 saturated carbocycles. The van der Waals surface area contributed by atoms with Crippen molar-refractivity contribution in [1.82, 2.24) is 15.0 Å². The van der Waals surface area contributed by atoms with E-state index in [0.717, 1.165) is 0 Å². The zero-order valence-electron chi connectivity index (χ0n) is 7.43. The molecule has 2 rings (SSSR count). The van der Waals surface area contributed by atoms with Gasteiger partial charge in [0.1, 0.15) is 5.52 Å². The third kappa shape index (κ3) is 1.28. The van der Waals surface area contributed by atoms with Crippen molar-refractivity contribution in [2.45, 2.75) is 6.92 Å². The number of pyridine rings is 1. The summed E-state index contributed by atoms with van der Waals surface area (Å²) in [4.78, 5) is 22.7. The van der Waals surface area contributed by atoms with Gasteiger partial charge in [-0.3, -0.25) is 0 Å². The van der Waals surface area contributed by atoms with E-state index in [-0.39, 0.29) is 5.69 Å². The van der Waals surface area contributed by atoms with Crippen LogP contribution in [0.25, 0.3) is 11.2 Å². The number of nitrogens with zero attached hydrogens (tertiary/aromatic N) is 3. The summed E-state index contributed by atoms with van der Waals surface area (Å²) < 4.78 is 0. The molecular weight excluding hydrogens is 182 g/mol. The van der Waals surface area contributed by atoms with Crippen LogP contribution < -0.4 is 0 Å². The van der Waals surface area contributed by atoms with Crippen LogP contribution in [0.3, 0.4) is 0 Å². The average molecular weight is 189 g/mol. The largest absolute Gasteiger partial charge is 0.476 e. The summed E-state index contributed by atoms with van der Waals surface area (Å²) >= 11 is 0. The highest BCUT2D eigenvalue weighted by molar-refractivity contribution is 5.88. The Labute approximate surface area is 79.5 Å². The highest BCUT2D eigenvalue weighted by Crippen LogP contribution is 2.09. The lowest BCUT2D eigenvalue weighted by atomic mass is 10.3. The molecule has 2 heterocycles. The first kappa shape index (κ1) is 8.55. The molecule has 0 atom stereocenters. The fourth-order valence-electron chi connectivity index (χ4n) is 1.18. The minimum atomic E-state index is -1.07. The molecule has 2 aromatic heterocycles. The quantitative estimate of drug-likeness (QED) is 0.725. The monoisotopic (exact) mass is 189 g/mol. The number of aromatic nitrogens is 3. The molecule has 0 saturated heterocycles. The van der Waals surface area contributed by atoms with E-state index < -0.39 is 5.97 Å². The predicted molar refractivity (Wildman–Crippen MR) is 49.0 cm³/mol. The Balaban J connectivity index is 2.77. The maximum absolute atomic E-state index is 10.7. The molecule has 0 radical (unpaired) electrons. The maximum Gasteiger partial charge on any atom is 0.356 e. The zero-order valence-corrected chi connectivity index (χ0v) is 7.43. The molecule has 0 spiro atoms. The smallest absolute Gasteiger partial charge is 0.356 e. The highest BCUT2D eigenvalue weighted by atomic mass is 16.4. The van der Waals surface area contributed by atoms with Crippen LogP contribution in [0.2, 0.25) is 0 Å². The molecule has 2 aromatic rings. The minimum Gasteiger partial charge on any atom is -0.476 e. The van der Waals surface area contributed by atoms with Gasteiger partial charge < -0.3 is 5.11 Å². The summed E-state index contributed by atoms with van der Waals surface area (Å²) in [6.45, 7) is 1.60. The number of fused-ring (bicyclic) bond motifs is 1. The summed E-state index contributed by atoms with van der Waals surface area (Å²) in [6.07, 6.45) is 1.59. The standard InChI is InChI=1S/C9H7N3O2/c1-5-7(9(13)14)12-6-3-2-4-10-8(6)11-5/h2-4H,1H3,(H,13,14). The van der Waals surface area contributed by atoms with Crippen LogP contribution in [0, 0.1) is 6.92 Å². The summed E-state index contributed by atoms with van der Waals surface area (Å²) in [6, 6.07) is 3.37. The van der Waals surface area contributed by atoms with Gasteiger partial charge in [-0.2, -0.15) is 0 Å². The van der Waals surface area contributed by atoms with Crippen LogP contribution in [-0.4, -0.2) is 26.0 Å². The molecular formula is C9H7N3O2. The van der Waals surface area contributed by atoms with E-state index in [0.29, 0.717) is 16.9 Å². The third-order valence-electron chi connectivity index (χ3n) is 1.82. The Hall–Kier alpha value is -2.04. The van der Waals surface area contributed by atoms with Gasteiger partial charge in [0.25, 0.3) is 0 Å². The number of hydrogen-bond acceptors (Lipinski definition) is 4. The molecule has 5 heteroatoms. The Bertz CT molecular complexity index is 510. The van der Waals surface area contributed by atoms with Crippen molar-refractivity contribution < 1.29 is 9.90 Å². The van der Waals surface area contributed by atoms with Gasteiger partial charge in [0.2, 0.25) is 0 Å². The molecule has 0 amide bonds. The molecule has 5 nitrogen and oxygen atoms in total. The number of hydrogen-bond donors (Lipinski definition) is 1. The Morgan fingerprint density at radius 1 is 1.43 bits per heavy atom. The van der Waals surface area contributed by atoms with Crippen molar-refractivity contribution in [3.05, 3.63) is 29.7 Å². The molecule has 1 N–H and O–H groups in total. The summed E-state index contributed by atoms with van der Waals surface area (Å²) in [5, 5.41) is 8.80. The number of carboxylic acids is 1. The number of rotatable bonds is 1. The Kier molecular flexibility index (Phi) is 1.85. The van der Waals surface area contributed by atoms with Gasteiger partial charge in [-0.1, -0.05) is 0 Å². The van der Waals surface area contributed by atoms with Crippen LogP contribution in [0.15, 0.2) is 18.3 Å². The SMILES string of the molecule is Cc1nc2ncccc2nc1C(=O)O. The van der Waals surface area contributed by atoms with Gasteiger partial charge in [0.15, 0.2) is 11.3 Å². The second-order valence-corrected chi connectivity index (χ2v) is 2.81. The average Bonchev–Trinajstić information content (AvgIpc) is 2.16. The van der Waals surface area contributed by atoms with Gasteiger partial charge in [0, 0.05) is 6.20 Å². The first-order valence-electron chi connectivity index (χ1n) is 4.01. The van der Waals surface area contributed by atoms with E-state index in [1.165, 1.54) is 0 Å². The zero-order chi connectivity index (χ0) is 10.1. The van der Waals surface area contributed by atoms with Crippen molar-refractivity contribution in [2.24, 2.45) is 0 Å².